The summed E-state index contributed by atoms with van der Waals surface area (Å²) in [5, 5.41) is 9.94. The fourth-order valence-electron chi connectivity index (χ4n) is 2.99. The number of hydrogen-bond acceptors (Lipinski definition) is 4. The van der Waals surface area contributed by atoms with E-state index in [0.29, 0.717) is 32.6 Å². The summed E-state index contributed by atoms with van der Waals surface area (Å²) in [5.74, 6) is 0. The molecule has 2 fully saturated rings. The Kier molecular flexibility index (Phi) is 4.06. The van der Waals surface area contributed by atoms with Crippen LogP contribution in [-0.2, 0) is 9.47 Å². The third-order valence-corrected chi connectivity index (χ3v) is 3.91. The van der Waals surface area contributed by atoms with Crippen LogP contribution in [0, 0.1) is 0 Å². The van der Waals surface area contributed by atoms with Crippen molar-refractivity contribution in [1.29, 1.82) is 0 Å². The first-order valence-corrected chi connectivity index (χ1v) is 7.09. The van der Waals surface area contributed by atoms with Crippen molar-refractivity contribution in [3.8, 4) is 0 Å². The maximum atomic E-state index is 12.4. The van der Waals surface area contributed by atoms with E-state index in [4.69, 9.17) is 9.47 Å². The molecule has 2 saturated heterocycles. The molecule has 0 bridgehead atoms. The number of nitrogens with zero attached hydrogens (tertiary/aromatic N) is 1. The molecule has 110 valence electrons. The van der Waals surface area contributed by atoms with Crippen molar-refractivity contribution in [1.82, 2.24) is 4.90 Å². The number of piperidine rings is 1. The number of carbonyl (C=O) groups is 1. The Balaban J connectivity index is 2.13. The lowest BCUT2D eigenvalue weighted by atomic mass is 9.79. The second-order valence-corrected chi connectivity index (χ2v) is 6.62. The topological polar surface area (TPSA) is 59.0 Å². The zero-order chi connectivity index (χ0) is 14.1. The summed E-state index contributed by atoms with van der Waals surface area (Å²) in [6.45, 7) is 7.48. The van der Waals surface area contributed by atoms with E-state index in [9.17, 15) is 9.90 Å². The fourth-order valence-corrected chi connectivity index (χ4v) is 2.99. The third-order valence-electron chi connectivity index (χ3n) is 3.91. The first-order valence-electron chi connectivity index (χ1n) is 7.09. The first-order chi connectivity index (χ1) is 8.82. The van der Waals surface area contributed by atoms with Crippen LogP contribution in [0.3, 0.4) is 0 Å². The highest BCUT2D eigenvalue weighted by Crippen LogP contribution is 2.37. The van der Waals surface area contributed by atoms with Crippen molar-refractivity contribution in [2.45, 2.75) is 63.7 Å². The summed E-state index contributed by atoms with van der Waals surface area (Å²) >= 11 is 0. The molecule has 0 aromatic heterocycles. The lowest BCUT2D eigenvalue weighted by molar-refractivity contribution is -0.0836. The van der Waals surface area contributed by atoms with Gasteiger partial charge in [0.1, 0.15) is 5.60 Å². The molecule has 1 atom stereocenters. The molecule has 19 heavy (non-hydrogen) atoms. The highest BCUT2D eigenvalue weighted by atomic mass is 16.6. The van der Waals surface area contributed by atoms with E-state index < -0.39 is 5.60 Å². The van der Waals surface area contributed by atoms with E-state index in [1.165, 1.54) is 0 Å². The predicted molar refractivity (Wildman–Crippen MR) is 71.0 cm³/mol. The fraction of sp³-hybridized carbons (Fsp3) is 0.929. The molecule has 0 aliphatic carbocycles. The lowest BCUT2D eigenvalue weighted by Gasteiger charge is -2.50. The van der Waals surface area contributed by atoms with E-state index in [-0.39, 0.29) is 17.7 Å². The van der Waals surface area contributed by atoms with Gasteiger partial charge in [0.2, 0.25) is 0 Å². The Morgan fingerprint density at radius 1 is 1.37 bits per heavy atom. The monoisotopic (exact) mass is 271 g/mol. The number of ether oxygens (including phenoxy) is 2. The van der Waals surface area contributed by atoms with Gasteiger partial charge in [0.25, 0.3) is 0 Å². The molecule has 1 unspecified atom stereocenters. The highest BCUT2D eigenvalue weighted by Gasteiger charge is 2.46. The minimum absolute atomic E-state index is 0.263. The summed E-state index contributed by atoms with van der Waals surface area (Å²) < 4.78 is 10.9. The van der Waals surface area contributed by atoms with E-state index in [0.717, 1.165) is 12.8 Å². The molecule has 1 amide bonds. The van der Waals surface area contributed by atoms with Crippen molar-refractivity contribution in [3.05, 3.63) is 0 Å². The van der Waals surface area contributed by atoms with Crippen molar-refractivity contribution in [2.75, 3.05) is 19.8 Å². The molecule has 0 radical (unpaired) electrons. The Hall–Kier alpha value is -0.810. The second kappa shape index (κ2) is 5.29. The van der Waals surface area contributed by atoms with Crippen molar-refractivity contribution < 1.29 is 19.4 Å². The molecule has 5 heteroatoms. The second-order valence-electron chi connectivity index (χ2n) is 6.62. The SMILES string of the molecule is CC(C)(C)OC(=O)N1CCC(O)CC12CCOCC2. The standard InChI is InChI=1S/C14H25NO4/c1-13(2,3)19-12(17)15-7-4-11(16)10-14(15)5-8-18-9-6-14/h11,16H,4-10H2,1-3H3. The van der Waals surface area contributed by atoms with Gasteiger partial charge in [-0.2, -0.15) is 0 Å². The zero-order valence-corrected chi connectivity index (χ0v) is 12.1. The minimum atomic E-state index is -0.487. The molecule has 0 saturated carbocycles. The Labute approximate surface area is 114 Å². The van der Waals surface area contributed by atoms with Crippen LogP contribution in [0.2, 0.25) is 0 Å². The number of amides is 1. The summed E-state index contributed by atoms with van der Waals surface area (Å²) in [7, 11) is 0. The molecule has 1 N–H and O–H groups in total. The Bertz CT molecular complexity index is 331. The van der Waals surface area contributed by atoms with Gasteiger partial charge in [-0.25, -0.2) is 4.79 Å². The van der Waals surface area contributed by atoms with Gasteiger partial charge in [0.05, 0.1) is 11.6 Å². The molecule has 2 rings (SSSR count). The van der Waals surface area contributed by atoms with Crippen LogP contribution >= 0.6 is 0 Å². The molecule has 2 heterocycles. The summed E-state index contributed by atoms with van der Waals surface area (Å²) in [5.41, 5.74) is -0.766. The minimum Gasteiger partial charge on any atom is -0.444 e. The summed E-state index contributed by atoms with van der Waals surface area (Å²) in [4.78, 5) is 14.2. The molecular formula is C14H25NO4. The summed E-state index contributed by atoms with van der Waals surface area (Å²) in [6.07, 6.45) is 2.24. The third kappa shape index (κ3) is 3.39. The van der Waals surface area contributed by atoms with E-state index in [2.05, 4.69) is 0 Å². The largest absolute Gasteiger partial charge is 0.444 e. The molecule has 1 spiro atoms. The van der Waals surface area contributed by atoms with Crippen LogP contribution < -0.4 is 0 Å². The van der Waals surface area contributed by atoms with Gasteiger partial charge in [-0.05, 0) is 46.5 Å². The average molecular weight is 271 g/mol. The number of carbonyl (C=O) groups excluding carboxylic acids is 1. The lowest BCUT2D eigenvalue weighted by Crippen LogP contribution is -2.60. The first kappa shape index (κ1) is 14.6. The van der Waals surface area contributed by atoms with Gasteiger partial charge in [-0.3, -0.25) is 0 Å². The molecule has 0 aromatic rings. The van der Waals surface area contributed by atoms with Crippen molar-refractivity contribution >= 4 is 6.09 Å². The van der Waals surface area contributed by atoms with Gasteiger partial charge in [-0.1, -0.05) is 0 Å². The maximum absolute atomic E-state index is 12.4. The number of rotatable bonds is 0. The van der Waals surface area contributed by atoms with E-state index >= 15 is 0 Å². The van der Waals surface area contributed by atoms with Gasteiger partial charge in [-0.15, -0.1) is 0 Å². The van der Waals surface area contributed by atoms with Gasteiger partial charge >= 0.3 is 6.09 Å². The van der Waals surface area contributed by atoms with Gasteiger partial charge in [0, 0.05) is 19.8 Å². The number of aliphatic hydroxyl groups is 1. The Morgan fingerprint density at radius 3 is 2.58 bits per heavy atom. The quantitative estimate of drug-likeness (QED) is 0.731. The average Bonchev–Trinajstić information content (AvgIpc) is 2.27. The van der Waals surface area contributed by atoms with Gasteiger partial charge in [0.15, 0.2) is 0 Å². The predicted octanol–water partition coefficient (Wildman–Crippen LogP) is 1.93. The molecule has 0 aromatic carbocycles. The molecule has 5 nitrogen and oxygen atoms in total. The van der Waals surface area contributed by atoms with Crippen molar-refractivity contribution in [2.24, 2.45) is 0 Å². The number of hydrogen-bond donors (Lipinski definition) is 1. The smallest absolute Gasteiger partial charge is 0.410 e. The van der Waals surface area contributed by atoms with Gasteiger partial charge < -0.3 is 19.5 Å². The normalized spacial score (nSPS) is 27.4. The van der Waals surface area contributed by atoms with Crippen LogP contribution in [0.4, 0.5) is 4.79 Å². The molecule has 2 aliphatic rings. The number of aliphatic hydroxyl groups excluding tert-OH is 1. The maximum Gasteiger partial charge on any atom is 0.410 e. The molecular weight excluding hydrogens is 246 g/mol. The van der Waals surface area contributed by atoms with Crippen LogP contribution in [0.5, 0.6) is 0 Å². The highest BCUT2D eigenvalue weighted by molar-refractivity contribution is 5.69. The van der Waals surface area contributed by atoms with Crippen LogP contribution in [0.25, 0.3) is 0 Å². The summed E-state index contributed by atoms with van der Waals surface area (Å²) in [6, 6.07) is 0. The molecule has 2 aliphatic heterocycles. The van der Waals surface area contributed by atoms with Crippen LogP contribution in [0.15, 0.2) is 0 Å². The van der Waals surface area contributed by atoms with Crippen molar-refractivity contribution in [3.63, 3.8) is 0 Å². The zero-order valence-electron chi connectivity index (χ0n) is 12.1. The Morgan fingerprint density at radius 2 is 2.00 bits per heavy atom. The van der Waals surface area contributed by atoms with Crippen LogP contribution in [-0.4, -0.2) is 53.1 Å². The van der Waals surface area contributed by atoms with E-state index in [1.54, 1.807) is 0 Å². The van der Waals surface area contributed by atoms with E-state index in [1.807, 2.05) is 25.7 Å². The number of likely N-dealkylation sites (tertiary alicyclic amines) is 1. The van der Waals surface area contributed by atoms with Crippen LogP contribution in [0.1, 0.15) is 46.5 Å².